The predicted octanol–water partition coefficient (Wildman–Crippen LogP) is 4.47. The lowest BCUT2D eigenvalue weighted by atomic mass is 10.1. The van der Waals surface area contributed by atoms with Gasteiger partial charge in [-0.2, -0.15) is 0 Å². The fourth-order valence-electron chi connectivity index (χ4n) is 3.06. The number of aromatic nitrogens is 3. The number of Topliss-reactive ketones (excluding diaryl/α,β-unsaturated/α-hetero) is 1. The number of nitrogens with one attached hydrogen (secondary N) is 1. The Labute approximate surface area is 173 Å². The largest absolute Gasteiger partial charge is 0.324 e. The number of hydrogen-bond donors (Lipinski definition) is 1. The van der Waals surface area contributed by atoms with Crippen molar-refractivity contribution in [2.45, 2.75) is 43.0 Å². The summed E-state index contributed by atoms with van der Waals surface area (Å²) >= 11 is 1.32. The molecule has 6 nitrogen and oxygen atoms in total. The molecule has 0 spiro atoms. The van der Waals surface area contributed by atoms with Crippen molar-refractivity contribution in [3.63, 3.8) is 0 Å². The molecule has 3 aromatic rings. The molecule has 0 aliphatic heterocycles. The third-order valence-electron chi connectivity index (χ3n) is 4.77. The van der Waals surface area contributed by atoms with Crippen molar-refractivity contribution in [3.05, 3.63) is 66.0 Å². The average molecular weight is 407 g/mol. The molecule has 2 aromatic carbocycles. The monoisotopic (exact) mass is 406 g/mol. The van der Waals surface area contributed by atoms with Crippen LogP contribution in [0.25, 0.3) is 5.69 Å². The van der Waals surface area contributed by atoms with E-state index < -0.39 is 5.25 Å². The lowest BCUT2D eigenvalue weighted by Crippen LogP contribution is -2.23. The van der Waals surface area contributed by atoms with Gasteiger partial charge in [0.15, 0.2) is 5.78 Å². The van der Waals surface area contributed by atoms with Gasteiger partial charge in [-0.25, -0.2) is 9.67 Å². The predicted molar refractivity (Wildman–Crippen MR) is 114 cm³/mol. The summed E-state index contributed by atoms with van der Waals surface area (Å²) in [6.45, 7) is 3.30. The normalized spacial score (nSPS) is 14.4. The second-order valence-electron chi connectivity index (χ2n) is 7.13. The van der Waals surface area contributed by atoms with E-state index in [9.17, 15) is 9.59 Å². The minimum absolute atomic E-state index is 0.0847. The van der Waals surface area contributed by atoms with Gasteiger partial charge in [0, 0.05) is 11.5 Å². The summed E-state index contributed by atoms with van der Waals surface area (Å²) in [7, 11) is 0. The van der Waals surface area contributed by atoms with Crippen LogP contribution in [-0.4, -0.2) is 31.7 Å². The van der Waals surface area contributed by atoms with Gasteiger partial charge in [0.05, 0.1) is 16.6 Å². The summed E-state index contributed by atoms with van der Waals surface area (Å²) in [5, 5.41) is 7.68. The molecule has 0 radical (unpaired) electrons. The van der Waals surface area contributed by atoms with Crippen molar-refractivity contribution in [3.8, 4) is 5.69 Å². The van der Waals surface area contributed by atoms with E-state index >= 15 is 0 Å². The molecular formula is C22H22N4O2S. The first-order valence-corrected chi connectivity index (χ1v) is 10.5. The highest BCUT2D eigenvalue weighted by Gasteiger charge is 2.31. The fourth-order valence-corrected chi connectivity index (χ4v) is 3.82. The summed E-state index contributed by atoms with van der Waals surface area (Å²) in [6.07, 6.45) is 2.24. The third-order valence-corrected chi connectivity index (χ3v) is 5.72. The van der Waals surface area contributed by atoms with Crippen LogP contribution in [0.5, 0.6) is 0 Å². The van der Waals surface area contributed by atoms with Crippen molar-refractivity contribution >= 4 is 29.1 Å². The lowest BCUT2D eigenvalue weighted by Gasteiger charge is -2.12. The van der Waals surface area contributed by atoms with Gasteiger partial charge in [0.2, 0.25) is 11.1 Å². The SMILES string of the molecule is CC(=O)c1ccccc1NC(=O)[C@@H](C)Sc1nc(C2CC2)n(-c2ccccc2)n1. The van der Waals surface area contributed by atoms with E-state index in [0.717, 1.165) is 24.4 Å². The first-order valence-electron chi connectivity index (χ1n) is 9.63. The average Bonchev–Trinajstić information content (AvgIpc) is 3.49. The molecule has 0 unspecified atom stereocenters. The zero-order valence-corrected chi connectivity index (χ0v) is 17.1. The Morgan fingerprint density at radius 1 is 1.10 bits per heavy atom. The molecule has 1 fully saturated rings. The van der Waals surface area contributed by atoms with Crippen LogP contribution in [0.1, 0.15) is 48.8 Å². The van der Waals surface area contributed by atoms with E-state index in [-0.39, 0.29) is 11.7 Å². The molecule has 0 bridgehead atoms. The van der Waals surface area contributed by atoms with Gasteiger partial charge in [0.1, 0.15) is 5.82 Å². The number of thioether (sulfide) groups is 1. The Hall–Kier alpha value is -2.93. The second-order valence-corrected chi connectivity index (χ2v) is 8.43. The number of carbonyl (C=O) groups is 2. The molecule has 1 aliphatic rings. The Kier molecular flexibility index (Phi) is 5.49. The summed E-state index contributed by atoms with van der Waals surface area (Å²) in [4.78, 5) is 29.2. The van der Waals surface area contributed by atoms with Crippen molar-refractivity contribution in [2.75, 3.05) is 5.32 Å². The van der Waals surface area contributed by atoms with Crippen molar-refractivity contribution < 1.29 is 9.59 Å². The highest BCUT2D eigenvalue weighted by Crippen LogP contribution is 2.40. The Bertz CT molecular complexity index is 1040. The number of amides is 1. The van der Waals surface area contributed by atoms with Crippen LogP contribution in [0.15, 0.2) is 59.8 Å². The van der Waals surface area contributed by atoms with Gasteiger partial charge < -0.3 is 5.32 Å². The van der Waals surface area contributed by atoms with E-state index in [4.69, 9.17) is 4.98 Å². The van der Waals surface area contributed by atoms with Crippen molar-refractivity contribution in [2.24, 2.45) is 0 Å². The zero-order chi connectivity index (χ0) is 20.4. The molecular weight excluding hydrogens is 384 g/mol. The molecule has 1 heterocycles. The summed E-state index contributed by atoms with van der Waals surface area (Å²) < 4.78 is 1.88. The maximum absolute atomic E-state index is 12.7. The van der Waals surface area contributed by atoms with Crippen LogP contribution in [0.4, 0.5) is 5.69 Å². The number of anilines is 1. The van der Waals surface area contributed by atoms with E-state index in [1.807, 2.05) is 41.9 Å². The molecule has 0 saturated heterocycles. The highest BCUT2D eigenvalue weighted by molar-refractivity contribution is 8.00. The summed E-state index contributed by atoms with van der Waals surface area (Å²) in [6, 6.07) is 17.0. The summed E-state index contributed by atoms with van der Waals surface area (Å²) in [5.41, 5.74) is 2.00. The number of ketones is 1. The number of para-hydroxylation sites is 2. The maximum Gasteiger partial charge on any atom is 0.237 e. The van der Waals surface area contributed by atoms with Gasteiger partial charge in [0.25, 0.3) is 0 Å². The maximum atomic E-state index is 12.7. The Morgan fingerprint density at radius 2 is 1.79 bits per heavy atom. The molecule has 1 aliphatic carbocycles. The highest BCUT2D eigenvalue weighted by atomic mass is 32.2. The minimum atomic E-state index is -0.409. The molecule has 1 amide bonds. The van der Waals surface area contributed by atoms with E-state index in [1.165, 1.54) is 18.7 Å². The molecule has 7 heteroatoms. The van der Waals surface area contributed by atoms with E-state index in [0.29, 0.717) is 22.3 Å². The number of benzene rings is 2. The van der Waals surface area contributed by atoms with Crippen LogP contribution < -0.4 is 5.32 Å². The van der Waals surface area contributed by atoms with Gasteiger partial charge in [-0.15, -0.1) is 5.10 Å². The van der Waals surface area contributed by atoms with Crippen LogP contribution in [-0.2, 0) is 4.79 Å². The third kappa shape index (κ3) is 4.40. The first-order chi connectivity index (χ1) is 14.0. The minimum Gasteiger partial charge on any atom is -0.324 e. The lowest BCUT2D eigenvalue weighted by molar-refractivity contribution is -0.115. The molecule has 1 saturated carbocycles. The Balaban J connectivity index is 1.51. The second kappa shape index (κ2) is 8.21. The quantitative estimate of drug-likeness (QED) is 0.463. The zero-order valence-electron chi connectivity index (χ0n) is 16.3. The van der Waals surface area contributed by atoms with Crippen LogP contribution in [0.2, 0.25) is 0 Å². The van der Waals surface area contributed by atoms with Gasteiger partial charge in [-0.3, -0.25) is 9.59 Å². The molecule has 4 rings (SSSR count). The smallest absolute Gasteiger partial charge is 0.237 e. The number of nitrogens with zero attached hydrogens (tertiary/aromatic N) is 3. The van der Waals surface area contributed by atoms with Gasteiger partial charge in [-0.1, -0.05) is 42.1 Å². The van der Waals surface area contributed by atoms with E-state index in [1.54, 1.807) is 24.3 Å². The van der Waals surface area contributed by atoms with Gasteiger partial charge >= 0.3 is 0 Å². The van der Waals surface area contributed by atoms with Crippen LogP contribution >= 0.6 is 11.8 Å². The number of rotatable bonds is 7. The molecule has 29 heavy (non-hydrogen) atoms. The fraction of sp³-hybridized carbons (Fsp3) is 0.273. The van der Waals surface area contributed by atoms with Crippen molar-refractivity contribution in [1.82, 2.24) is 14.8 Å². The number of carbonyl (C=O) groups excluding carboxylic acids is 2. The van der Waals surface area contributed by atoms with Gasteiger partial charge in [-0.05, 0) is 51.0 Å². The van der Waals surface area contributed by atoms with Crippen LogP contribution in [0, 0.1) is 0 Å². The standard InChI is InChI=1S/C22H22N4O2S/c1-14(27)18-10-6-7-11-19(18)23-21(28)15(2)29-22-24-20(16-12-13-16)26(25-22)17-8-4-3-5-9-17/h3-11,15-16H,12-13H2,1-2H3,(H,23,28)/t15-/m1/s1. The number of hydrogen-bond acceptors (Lipinski definition) is 5. The summed E-state index contributed by atoms with van der Waals surface area (Å²) in [5.74, 6) is 1.11. The molecule has 148 valence electrons. The topological polar surface area (TPSA) is 76.9 Å². The molecule has 1 atom stereocenters. The Morgan fingerprint density at radius 3 is 2.48 bits per heavy atom. The first kappa shape index (κ1) is 19.4. The van der Waals surface area contributed by atoms with Crippen molar-refractivity contribution in [1.29, 1.82) is 0 Å². The molecule has 1 N–H and O–H groups in total. The molecule has 1 aromatic heterocycles. The van der Waals surface area contributed by atoms with Crippen LogP contribution in [0.3, 0.4) is 0 Å². The van der Waals surface area contributed by atoms with E-state index in [2.05, 4.69) is 10.4 Å².